The maximum absolute atomic E-state index is 12.8. The Kier molecular flexibility index (Phi) is 3.92. The van der Waals surface area contributed by atoms with Gasteiger partial charge in [-0.1, -0.05) is 12.1 Å². The fourth-order valence-electron chi connectivity index (χ4n) is 2.97. The van der Waals surface area contributed by atoms with Crippen molar-refractivity contribution in [1.29, 1.82) is 0 Å². The molecule has 124 valence electrons. The van der Waals surface area contributed by atoms with Crippen LogP contribution in [0.1, 0.15) is 67.1 Å². The lowest BCUT2D eigenvalue weighted by molar-refractivity contribution is 0.0112. The van der Waals surface area contributed by atoms with Crippen molar-refractivity contribution in [2.24, 2.45) is 0 Å². The van der Waals surface area contributed by atoms with Crippen molar-refractivity contribution in [2.75, 3.05) is 13.7 Å². The number of methoxy groups -OCH3 is 1. The molecule has 0 aromatic heterocycles. The van der Waals surface area contributed by atoms with Crippen LogP contribution in [0.25, 0.3) is 0 Å². The highest BCUT2D eigenvalue weighted by Gasteiger charge is 2.43. The molecular formula is C18H23NO4. The zero-order valence-electron chi connectivity index (χ0n) is 14.1. The van der Waals surface area contributed by atoms with E-state index in [1.165, 1.54) is 23.3 Å². The van der Waals surface area contributed by atoms with Crippen LogP contribution in [0.15, 0.2) is 18.2 Å². The van der Waals surface area contributed by atoms with Gasteiger partial charge in [0.1, 0.15) is 5.60 Å². The van der Waals surface area contributed by atoms with Gasteiger partial charge in [-0.3, -0.25) is 4.79 Å². The first kappa shape index (κ1) is 16.0. The number of ether oxygens (including phenoxy) is 2. The Hall–Kier alpha value is -1.88. The number of amides is 2. The summed E-state index contributed by atoms with van der Waals surface area (Å²) in [5.74, 6) is 0.267. The Balaban J connectivity index is 1.93. The maximum atomic E-state index is 12.8. The summed E-state index contributed by atoms with van der Waals surface area (Å²) in [5.41, 5.74) is 1.97. The van der Waals surface area contributed by atoms with E-state index in [0.717, 1.165) is 5.56 Å². The van der Waals surface area contributed by atoms with E-state index in [9.17, 15) is 9.59 Å². The summed E-state index contributed by atoms with van der Waals surface area (Å²) in [7, 11) is 1.56. The average Bonchev–Trinajstić information content (AvgIpc) is 3.25. The van der Waals surface area contributed by atoms with Gasteiger partial charge in [-0.25, -0.2) is 9.69 Å². The van der Waals surface area contributed by atoms with Gasteiger partial charge in [-0.2, -0.15) is 0 Å². The minimum absolute atomic E-state index is 0.265. The molecule has 1 fully saturated rings. The van der Waals surface area contributed by atoms with E-state index in [4.69, 9.17) is 9.47 Å². The van der Waals surface area contributed by atoms with Crippen molar-refractivity contribution >= 4 is 12.0 Å². The number of hydrogen-bond acceptors (Lipinski definition) is 4. The van der Waals surface area contributed by atoms with Gasteiger partial charge in [0.25, 0.3) is 5.91 Å². The Morgan fingerprint density at radius 2 is 2.00 bits per heavy atom. The lowest BCUT2D eigenvalue weighted by atomic mass is 10.00. The average molecular weight is 317 g/mol. The number of hydrogen-bond donors (Lipinski definition) is 0. The van der Waals surface area contributed by atoms with Gasteiger partial charge in [0, 0.05) is 12.7 Å². The molecule has 0 saturated heterocycles. The smallest absolute Gasteiger partial charge is 0.417 e. The molecule has 0 bridgehead atoms. The van der Waals surface area contributed by atoms with Gasteiger partial charge in [0.05, 0.1) is 12.6 Å². The molecule has 1 atom stereocenters. The van der Waals surface area contributed by atoms with Gasteiger partial charge in [-0.05, 0) is 56.7 Å². The van der Waals surface area contributed by atoms with Crippen LogP contribution in [0.3, 0.4) is 0 Å². The van der Waals surface area contributed by atoms with Crippen LogP contribution in [0.4, 0.5) is 4.79 Å². The minimum atomic E-state index is -0.650. The van der Waals surface area contributed by atoms with Crippen LogP contribution in [0.2, 0.25) is 0 Å². The molecule has 2 aliphatic rings. The summed E-state index contributed by atoms with van der Waals surface area (Å²) >= 11 is 0. The fraction of sp³-hybridized carbons (Fsp3) is 0.556. The predicted octanol–water partition coefficient (Wildman–Crippen LogP) is 3.64. The summed E-state index contributed by atoms with van der Waals surface area (Å²) in [5, 5.41) is 0. The van der Waals surface area contributed by atoms with Crippen molar-refractivity contribution in [2.45, 2.75) is 51.2 Å². The first-order valence-corrected chi connectivity index (χ1v) is 8.01. The van der Waals surface area contributed by atoms with Gasteiger partial charge in [0.2, 0.25) is 0 Å². The van der Waals surface area contributed by atoms with Gasteiger partial charge in [-0.15, -0.1) is 0 Å². The number of benzene rings is 1. The highest BCUT2D eigenvalue weighted by atomic mass is 16.6. The molecule has 5 heteroatoms. The monoisotopic (exact) mass is 317 g/mol. The summed E-state index contributed by atoms with van der Waals surface area (Å²) in [6.07, 6.45) is 1.72. The van der Waals surface area contributed by atoms with Crippen molar-refractivity contribution in [3.05, 3.63) is 34.9 Å². The number of imide groups is 1. The normalized spacial score (nSPS) is 20.6. The zero-order valence-corrected chi connectivity index (χ0v) is 14.1. The maximum Gasteiger partial charge on any atom is 0.417 e. The summed E-state index contributed by atoms with van der Waals surface area (Å²) < 4.78 is 10.6. The van der Waals surface area contributed by atoms with E-state index in [0.29, 0.717) is 11.5 Å². The second-order valence-electron chi connectivity index (χ2n) is 7.25. The summed E-state index contributed by atoms with van der Waals surface area (Å²) in [6, 6.07) is 5.52. The van der Waals surface area contributed by atoms with Crippen molar-refractivity contribution in [1.82, 2.24) is 4.90 Å². The molecule has 1 unspecified atom stereocenters. The molecule has 1 aromatic carbocycles. The highest BCUT2D eigenvalue weighted by molar-refractivity contribution is 6.07. The number of rotatable bonds is 3. The Morgan fingerprint density at radius 1 is 1.30 bits per heavy atom. The van der Waals surface area contributed by atoms with Crippen LogP contribution in [0, 0.1) is 0 Å². The van der Waals surface area contributed by atoms with Crippen LogP contribution in [-0.2, 0) is 9.47 Å². The lowest BCUT2D eigenvalue weighted by Gasteiger charge is -2.27. The van der Waals surface area contributed by atoms with Crippen LogP contribution in [-0.4, -0.2) is 36.2 Å². The first-order chi connectivity index (χ1) is 10.8. The van der Waals surface area contributed by atoms with Crippen molar-refractivity contribution in [3.8, 4) is 0 Å². The van der Waals surface area contributed by atoms with E-state index in [-0.39, 0.29) is 12.5 Å². The van der Waals surface area contributed by atoms with E-state index < -0.39 is 17.7 Å². The third kappa shape index (κ3) is 3.11. The molecule has 2 amide bonds. The highest BCUT2D eigenvalue weighted by Crippen LogP contribution is 2.43. The molecule has 0 N–H and O–H groups in total. The lowest BCUT2D eigenvalue weighted by Crippen LogP contribution is -2.40. The molecular weight excluding hydrogens is 294 g/mol. The standard InChI is InChI=1S/C18H23NO4/c1-18(2,3)23-17(21)19-15(10-22-4)13-8-7-12(11-5-6-11)9-14(13)16(19)20/h7-9,11,15H,5-6,10H2,1-4H3. The van der Waals surface area contributed by atoms with E-state index in [1.807, 2.05) is 12.1 Å². The van der Waals surface area contributed by atoms with Crippen LogP contribution < -0.4 is 0 Å². The third-order valence-corrected chi connectivity index (χ3v) is 4.16. The van der Waals surface area contributed by atoms with Gasteiger partial charge in [0.15, 0.2) is 0 Å². The topological polar surface area (TPSA) is 55.8 Å². The fourth-order valence-corrected chi connectivity index (χ4v) is 2.97. The summed E-state index contributed by atoms with van der Waals surface area (Å²) in [4.78, 5) is 26.4. The zero-order chi connectivity index (χ0) is 16.8. The molecule has 0 radical (unpaired) electrons. The van der Waals surface area contributed by atoms with E-state index >= 15 is 0 Å². The van der Waals surface area contributed by atoms with Crippen LogP contribution in [0.5, 0.6) is 0 Å². The third-order valence-electron chi connectivity index (χ3n) is 4.16. The molecule has 23 heavy (non-hydrogen) atoms. The second-order valence-corrected chi connectivity index (χ2v) is 7.25. The number of carbonyl (C=O) groups excluding carboxylic acids is 2. The minimum Gasteiger partial charge on any atom is -0.443 e. The van der Waals surface area contributed by atoms with Crippen LogP contribution >= 0.6 is 0 Å². The SMILES string of the molecule is COCC1c2ccc(C3CC3)cc2C(=O)N1C(=O)OC(C)(C)C. The summed E-state index contributed by atoms with van der Waals surface area (Å²) in [6.45, 7) is 5.63. The molecule has 1 aliphatic heterocycles. The molecule has 3 rings (SSSR count). The molecule has 1 aromatic rings. The molecule has 5 nitrogen and oxygen atoms in total. The largest absolute Gasteiger partial charge is 0.443 e. The molecule has 0 spiro atoms. The van der Waals surface area contributed by atoms with Gasteiger partial charge < -0.3 is 9.47 Å². The Bertz CT molecular complexity index is 643. The Morgan fingerprint density at radius 3 is 2.57 bits per heavy atom. The molecule has 1 aliphatic carbocycles. The van der Waals surface area contributed by atoms with E-state index in [1.54, 1.807) is 27.9 Å². The second kappa shape index (κ2) is 5.64. The van der Waals surface area contributed by atoms with E-state index in [2.05, 4.69) is 6.07 Å². The molecule has 1 saturated carbocycles. The van der Waals surface area contributed by atoms with Crippen molar-refractivity contribution in [3.63, 3.8) is 0 Å². The number of fused-ring (bicyclic) bond motifs is 1. The number of carbonyl (C=O) groups is 2. The van der Waals surface area contributed by atoms with Gasteiger partial charge >= 0.3 is 6.09 Å². The quantitative estimate of drug-likeness (QED) is 0.854. The molecule has 1 heterocycles. The number of nitrogens with zero attached hydrogens (tertiary/aromatic N) is 1. The Labute approximate surface area is 136 Å². The predicted molar refractivity (Wildman–Crippen MR) is 85.4 cm³/mol. The van der Waals surface area contributed by atoms with Crippen molar-refractivity contribution < 1.29 is 19.1 Å². The first-order valence-electron chi connectivity index (χ1n) is 8.01.